The average Bonchev–Trinajstić information content (AvgIpc) is 2.59. The van der Waals surface area contributed by atoms with E-state index in [1.807, 2.05) is 0 Å². The van der Waals surface area contributed by atoms with Crippen molar-refractivity contribution in [1.29, 1.82) is 0 Å². The van der Waals surface area contributed by atoms with Gasteiger partial charge in [0.1, 0.15) is 0 Å². The summed E-state index contributed by atoms with van der Waals surface area (Å²) in [5.74, 6) is 0.942. The average molecular weight is 328 g/mol. The Bertz CT molecular complexity index is 819. The first kappa shape index (κ1) is 15.8. The molecule has 0 aromatic heterocycles. The number of ether oxygens (including phenoxy) is 2. The molecular weight excluding hydrogens is 312 g/mol. The van der Waals surface area contributed by atoms with Crippen LogP contribution < -0.4 is 14.8 Å². The molecule has 0 aliphatic carbocycles. The number of carbonyl (C=O) groups excluding carboxylic acids is 1. The summed E-state index contributed by atoms with van der Waals surface area (Å²) in [6, 6.07) is 9.36. The van der Waals surface area contributed by atoms with Crippen molar-refractivity contribution < 1.29 is 19.2 Å². The molecule has 2 aromatic carbocycles. The Hall–Kier alpha value is -3.09. The molecule has 7 heteroatoms. The maximum absolute atomic E-state index is 12.1. The van der Waals surface area contributed by atoms with Gasteiger partial charge in [-0.25, -0.2) is 0 Å². The van der Waals surface area contributed by atoms with Crippen molar-refractivity contribution in [2.75, 3.05) is 14.2 Å². The zero-order valence-electron chi connectivity index (χ0n) is 13.2. The zero-order valence-corrected chi connectivity index (χ0v) is 13.2. The zero-order chi connectivity index (χ0) is 17.3. The number of nitro benzene ring substituents is 1. The summed E-state index contributed by atoms with van der Waals surface area (Å²) in [6.45, 7) is 0. The molecule has 24 heavy (non-hydrogen) atoms. The lowest BCUT2D eigenvalue weighted by molar-refractivity contribution is -0.384. The van der Waals surface area contributed by atoms with Gasteiger partial charge in [-0.15, -0.1) is 0 Å². The molecular formula is C17H16N2O5. The van der Waals surface area contributed by atoms with Gasteiger partial charge < -0.3 is 14.8 Å². The Labute approximate surface area is 138 Å². The highest BCUT2D eigenvalue weighted by molar-refractivity contribution is 5.83. The lowest BCUT2D eigenvalue weighted by Crippen LogP contribution is -2.35. The van der Waals surface area contributed by atoms with Crippen LogP contribution in [0.5, 0.6) is 11.5 Å². The quantitative estimate of drug-likeness (QED) is 0.687. The van der Waals surface area contributed by atoms with Gasteiger partial charge in [-0.1, -0.05) is 12.1 Å². The fourth-order valence-electron chi connectivity index (χ4n) is 2.90. The number of non-ortho nitro benzene ring substituents is 1. The van der Waals surface area contributed by atoms with Crippen molar-refractivity contribution in [3.63, 3.8) is 0 Å². The summed E-state index contributed by atoms with van der Waals surface area (Å²) in [6.07, 6.45) is 0.223. The van der Waals surface area contributed by atoms with E-state index < -0.39 is 11.0 Å². The van der Waals surface area contributed by atoms with Crippen LogP contribution in [0.3, 0.4) is 0 Å². The summed E-state index contributed by atoms with van der Waals surface area (Å²) < 4.78 is 10.6. The van der Waals surface area contributed by atoms with Gasteiger partial charge in [0.15, 0.2) is 11.5 Å². The van der Waals surface area contributed by atoms with E-state index >= 15 is 0 Å². The van der Waals surface area contributed by atoms with Crippen LogP contribution in [0.2, 0.25) is 0 Å². The number of nitrogens with one attached hydrogen (secondary N) is 1. The fraction of sp³-hybridized carbons (Fsp3) is 0.235. The summed E-state index contributed by atoms with van der Waals surface area (Å²) in [5, 5.41) is 13.9. The van der Waals surface area contributed by atoms with Crippen LogP contribution >= 0.6 is 0 Å². The molecule has 1 aliphatic heterocycles. The molecule has 0 unspecified atom stereocenters. The first-order valence-electron chi connectivity index (χ1n) is 7.32. The van der Waals surface area contributed by atoms with Crippen molar-refractivity contribution in [2.24, 2.45) is 0 Å². The van der Waals surface area contributed by atoms with Crippen LogP contribution in [-0.2, 0) is 11.2 Å². The molecule has 0 saturated carbocycles. The number of benzene rings is 2. The highest BCUT2D eigenvalue weighted by atomic mass is 16.6. The van der Waals surface area contributed by atoms with Gasteiger partial charge in [0.25, 0.3) is 5.69 Å². The molecule has 0 spiro atoms. The topological polar surface area (TPSA) is 90.7 Å². The second kappa shape index (κ2) is 6.19. The third-order valence-corrected chi connectivity index (χ3v) is 4.03. The van der Waals surface area contributed by atoms with E-state index in [1.54, 1.807) is 24.3 Å². The third-order valence-electron chi connectivity index (χ3n) is 4.03. The van der Waals surface area contributed by atoms with Gasteiger partial charge in [0.2, 0.25) is 5.91 Å². The van der Waals surface area contributed by atoms with Crippen molar-refractivity contribution >= 4 is 11.6 Å². The first-order chi connectivity index (χ1) is 11.5. The SMILES string of the molecule is COc1cc2c(cc1OC)[C@H](c1cccc([N+](=O)[O-])c1)NC(=O)C2. The number of carbonyl (C=O) groups is 1. The summed E-state index contributed by atoms with van der Waals surface area (Å²) >= 11 is 0. The minimum Gasteiger partial charge on any atom is -0.493 e. The van der Waals surface area contributed by atoms with E-state index in [0.717, 1.165) is 11.1 Å². The summed E-state index contributed by atoms with van der Waals surface area (Å²) in [5.41, 5.74) is 2.28. The molecule has 2 aromatic rings. The summed E-state index contributed by atoms with van der Waals surface area (Å²) in [7, 11) is 3.07. The van der Waals surface area contributed by atoms with Crippen molar-refractivity contribution in [3.8, 4) is 11.5 Å². The Balaban J connectivity index is 2.13. The Kier molecular flexibility index (Phi) is 4.07. The van der Waals surface area contributed by atoms with Crippen LogP contribution in [0, 0.1) is 10.1 Å². The van der Waals surface area contributed by atoms with E-state index in [2.05, 4.69) is 5.32 Å². The number of rotatable bonds is 4. The number of nitro groups is 1. The lowest BCUT2D eigenvalue weighted by Gasteiger charge is -2.28. The van der Waals surface area contributed by atoms with Crippen LogP contribution in [0.25, 0.3) is 0 Å². The predicted molar refractivity (Wildman–Crippen MR) is 86.3 cm³/mol. The number of hydrogen-bond donors (Lipinski definition) is 1. The molecule has 1 heterocycles. The molecule has 1 N–H and O–H groups in total. The molecule has 1 amide bonds. The maximum atomic E-state index is 12.1. The van der Waals surface area contributed by atoms with Crippen molar-refractivity contribution in [1.82, 2.24) is 5.32 Å². The monoisotopic (exact) mass is 328 g/mol. The summed E-state index contributed by atoms with van der Waals surface area (Å²) in [4.78, 5) is 22.6. The number of nitrogens with zero attached hydrogens (tertiary/aromatic N) is 1. The number of hydrogen-bond acceptors (Lipinski definition) is 5. The standard InChI is InChI=1S/C17H16N2O5/c1-23-14-7-11-8-16(20)18-17(13(11)9-15(14)24-2)10-4-3-5-12(6-10)19(21)22/h3-7,9,17H,8H2,1-2H3,(H,18,20)/t17-/m0/s1. The highest BCUT2D eigenvalue weighted by Gasteiger charge is 2.28. The van der Waals surface area contributed by atoms with Crippen LogP contribution in [-0.4, -0.2) is 25.1 Å². The minimum absolute atomic E-state index is 0.0191. The van der Waals surface area contributed by atoms with Gasteiger partial charge >= 0.3 is 0 Å². The fourth-order valence-corrected chi connectivity index (χ4v) is 2.90. The van der Waals surface area contributed by atoms with Gasteiger partial charge in [-0.05, 0) is 28.8 Å². The van der Waals surface area contributed by atoms with Crippen LogP contribution in [0.4, 0.5) is 5.69 Å². The normalized spacial score (nSPS) is 16.1. The number of methoxy groups -OCH3 is 2. The van der Waals surface area contributed by atoms with E-state index in [1.165, 1.54) is 26.4 Å². The van der Waals surface area contributed by atoms with Gasteiger partial charge in [-0.3, -0.25) is 14.9 Å². The predicted octanol–water partition coefficient (Wildman–Crippen LogP) is 2.37. The van der Waals surface area contributed by atoms with E-state index in [9.17, 15) is 14.9 Å². The third kappa shape index (κ3) is 2.76. The van der Waals surface area contributed by atoms with Gasteiger partial charge in [0.05, 0.1) is 31.6 Å². The van der Waals surface area contributed by atoms with Crippen molar-refractivity contribution in [3.05, 3.63) is 63.2 Å². The molecule has 1 atom stereocenters. The Morgan fingerprint density at radius 2 is 1.88 bits per heavy atom. The second-order valence-corrected chi connectivity index (χ2v) is 5.44. The van der Waals surface area contributed by atoms with Gasteiger partial charge in [0, 0.05) is 12.1 Å². The molecule has 1 aliphatic rings. The molecule has 0 saturated heterocycles. The minimum atomic E-state index is -0.471. The molecule has 7 nitrogen and oxygen atoms in total. The molecule has 0 radical (unpaired) electrons. The molecule has 0 bridgehead atoms. The number of fused-ring (bicyclic) bond motifs is 1. The van der Waals surface area contributed by atoms with E-state index in [-0.39, 0.29) is 18.0 Å². The molecule has 124 valence electrons. The molecule has 0 fully saturated rings. The van der Waals surface area contributed by atoms with E-state index in [0.29, 0.717) is 17.1 Å². The molecule has 3 rings (SSSR count). The second-order valence-electron chi connectivity index (χ2n) is 5.44. The highest BCUT2D eigenvalue weighted by Crippen LogP contribution is 2.38. The van der Waals surface area contributed by atoms with Crippen LogP contribution in [0.1, 0.15) is 22.7 Å². The number of amides is 1. The van der Waals surface area contributed by atoms with Crippen molar-refractivity contribution in [2.45, 2.75) is 12.5 Å². The van der Waals surface area contributed by atoms with Gasteiger partial charge in [-0.2, -0.15) is 0 Å². The van der Waals surface area contributed by atoms with E-state index in [4.69, 9.17) is 9.47 Å². The first-order valence-corrected chi connectivity index (χ1v) is 7.32. The largest absolute Gasteiger partial charge is 0.493 e. The smallest absolute Gasteiger partial charge is 0.269 e. The Morgan fingerprint density at radius 3 is 2.54 bits per heavy atom. The lowest BCUT2D eigenvalue weighted by atomic mass is 9.89. The van der Waals surface area contributed by atoms with Crippen LogP contribution in [0.15, 0.2) is 36.4 Å². The Morgan fingerprint density at radius 1 is 1.17 bits per heavy atom. The maximum Gasteiger partial charge on any atom is 0.269 e.